The molecule has 0 aliphatic rings. The van der Waals surface area contributed by atoms with Crippen LogP contribution < -0.4 is 9.47 Å². The summed E-state index contributed by atoms with van der Waals surface area (Å²) in [5.74, 6) is 1.43. The molecule has 1 atom stereocenters. The molecule has 0 bridgehead atoms. The number of nitrogens with zero attached hydrogens (tertiary/aromatic N) is 1. The summed E-state index contributed by atoms with van der Waals surface area (Å²) in [6.07, 6.45) is 2.94. The van der Waals surface area contributed by atoms with Crippen molar-refractivity contribution in [2.45, 2.75) is 33.3 Å². The lowest BCUT2D eigenvalue weighted by molar-refractivity contribution is 0.203. The standard InChI is InChI=1S/C25H25NO2/c1-4-18(3)28-24-14-13-19(16-25(24)27-5-2)15-21(17-26)23-12-8-10-20-9-6-7-11-22(20)23/h6-16,18H,4-5H2,1-3H3/b21-15-/t18-/m0/s1. The lowest BCUT2D eigenvalue weighted by Crippen LogP contribution is -2.10. The van der Waals surface area contributed by atoms with Crippen molar-refractivity contribution >= 4 is 22.4 Å². The van der Waals surface area contributed by atoms with Crippen molar-refractivity contribution in [3.8, 4) is 17.6 Å². The van der Waals surface area contributed by atoms with Gasteiger partial charge in [0.2, 0.25) is 0 Å². The Bertz CT molecular complexity index is 1020. The number of rotatable bonds is 7. The first kappa shape index (κ1) is 19.5. The van der Waals surface area contributed by atoms with Crippen LogP contribution in [0.1, 0.15) is 38.3 Å². The minimum Gasteiger partial charge on any atom is -0.490 e. The number of hydrogen-bond donors (Lipinski definition) is 0. The number of nitriles is 1. The zero-order valence-corrected chi connectivity index (χ0v) is 16.6. The van der Waals surface area contributed by atoms with E-state index in [4.69, 9.17) is 9.47 Å². The maximum atomic E-state index is 9.80. The average molecular weight is 371 g/mol. The summed E-state index contributed by atoms with van der Waals surface area (Å²) in [5.41, 5.74) is 2.46. The fourth-order valence-electron chi connectivity index (χ4n) is 3.08. The fraction of sp³-hybridized carbons (Fsp3) is 0.240. The first-order valence-electron chi connectivity index (χ1n) is 9.69. The van der Waals surface area contributed by atoms with E-state index in [1.54, 1.807) is 0 Å². The number of allylic oxidation sites excluding steroid dienone is 1. The molecule has 28 heavy (non-hydrogen) atoms. The van der Waals surface area contributed by atoms with Crippen LogP contribution in [0.5, 0.6) is 11.5 Å². The first-order valence-corrected chi connectivity index (χ1v) is 9.69. The molecule has 0 saturated heterocycles. The zero-order valence-electron chi connectivity index (χ0n) is 16.6. The van der Waals surface area contributed by atoms with E-state index >= 15 is 0 Å². The Morgan fingerprint density at radius 1 is 1.04 bits per heavy atom. The van der Waals surface area contributed by atoms with Crippen molar-refractivity contribution < 1.29 is 9.47 Å². The molecule has 0 radical (unpaired) electrons. The lowest BCUT2D eigenvalue weighted by atomic mass is 9.97. The van der Waals surface area contributed by atoms with E-state index in [1.807, 2.05) is 68.5 Å². The van der Waals surface area contributed by atoms with Crippen molar-refractivity contribution in [1.82, 2.24) is 0 Å². The zero-order chi connectivity index (χ0) is 19.9. The van der Waals surface area contributed by atoms with E-state index < -0.39 is 0 Å². The molecule has 3 rings (SSSR count). The van der Waals surface area contributed by atoms with Crippen LogP contribution in [-0.2, 0) is 0 Å². The minimum absolute atomic E-state index is 0.117. The Morgan fingerprint density at radius 3 is 2.57 bits per heavy atom. The molecule has 0 N–H and O–H groups in total. The highest BCUT2D eigenvalue weighted by Gasteiger charge is 2.11. The highest BCUT2D eigenvalue weighted by atomic mass is 16.5. The topological polar surface area (TPSA) is 42.2 Å². The third-order valence-corrected chi connectivity index (χ3v) is 4.68. The van der Waals surface area contributed by atoms with Crippen LogP contribution >= 0.6 is 0 Å². The fourth-order valence-corrected chi connectivity index (χ4v) is 3.08. The number of benzene rings is 3. The van der Waals surface area contributed by atoms with E-state index in [0.29, 0.717) is 17.9 Å². The highest BCUT2D eigenvalue weighted by Crippen LogP contribution is 2.32. The second-order valence-corrected chi connectivity index (χ2v) is 6.67. The maximum Gasteiger partial charge on any atom is 0.161 e. The smallest absolute Gasteiger partial charge is 0.161 e. The van der Waals surface area contributed by atoms with E-state index in [9.17, 15) is 5.26 Å². The first-order chi connectivity index (χ1) is 13.7. The van der Waals surface area contributed by atoms with Crippen LogP contribution in [0, 0.1) is 11.3 Å². The van der Waals surface area contributed by atoms with Gasteiger partial charge in [0.15, 0.2) is 11.5 Å². The van der Waals surface area contributed by atoms with Gasteiger partial charge >= 0.3 is 0 Å². The van der Waals surface area contributed by atoms with Crippen molar-refractivity contribution in [2.75, 3.05) is 6.61 Å². The summed E-state index contributed by atoms with van der Waals surface area (Å²) < 4.78 is 11.7. The second kappa shape index (κ2) is 9.10. The lowest BCUT2D eigenvalue weighted by Gasteiger charge is -2.16. The monoisotopic (exact) mass is 371 g/mol. The van der Waals surface area contributed by atoms with Gasteiger partial charge in [-0.15, -0.1) is 0 Å². The van der Waals surface area contributed by atoms with Gasteiger partial charge < -0.3 is 9.47 Å². The molecule has 0 fully saturated rings. The van der Waals surface area contributed by atoms with Gasteiger partial charge in [-0.3, -0.25) is 0 Å². The number of ether oxygens (including phenoxy) is 2. The molecule has 3 aromatic carbocycles. The summed E-state index contributed by atoms with van der Waals surface area (Å²) in [6, 6.07) is 22.3. The van der Waals surface area contributed by atoms with Gasteiger partial charge in [-0.05, 0) is 54.8 Å². The predicted molar refractivity (Wildman–Crippen MR) is 115 cm³/mol. The molecule has 0 aromatic heterocycles. The SMILES string of the molecule is CCOc1cc(/C=C(/C#N)c2cccc3ccccc23)ccc1O[C@@H](C)CC. The van der Waals surface area contributed by atoms with E-state index in [1.165, 1.54) is 0 Å². The van der Waals surface area contributed by atoms with Gasteiger partial charge in [0, 0.05) is 5.56 Å². The molecule has 3 nitrogen and oxygen atoms in total. The third-order valence-electron chi connectivity index (χ3n) is 4.68. The Labute approximate surface area is 166 Å². The molecule has 142 valence electrons. The summed E-state index contributed by atoms with van der Waals surface area (Å²) in [5, 5.41) is 12.0. The Hall–Kier alpha value is -3.25. The van der Waals surface area contributed by atoms with Crippen LogP contribution in [0.2, 0.25) is 0 Å². The average Bonchev–Trinajstić information content (AvgIpc) is 2.73. The predicted octanol–water partition coefficient (Wildman–Crippen LogP) is 6.48. The Balaban J connectivity index is 2.03. The Morgan fingerprint density at radius 2 is 1.82 bits per heavy atom. The van der Waals surface area contributed by atoms with Crippen molar-refractivity contribution in [3.05, 3.63) is 71.8 Å². The summed E-state index contributed by atoms with van der Waals surface area (Å²) in [6.45, 7) is 6.63. The van der Waals surface area contributed by atoms with E-state index in [2.05, 4.69) is 25.1 Å². The molecule has 0 amide bonds. The van der Waals surface area contributed by atoms with Crippen LogP contribution in [0.25, 0.3) is 22.4 Å². The molecule has 3 aromatic rings. The van der Waals surface area contributed by atoms with Crippen LogP contribution in [0.3, 0.4) is 0 Å². The molecule has 0 aliphatic heterocycles. The van der Waals surface area contributed by atoms with Crippen LogP contribution in [0.4, 0.5) is 0 Å². The largest absolute Gasteiger partial charge is 0.490 e. The molecular weight excluding hydrogens is 346 g/mol. The molecule has 0 unspecified atom stereocenters. The maximum absolute atomic E-state index is 9.80. The quantitative estimate of drug-likeness (QED) is 0.352. The van der Waals surface area contributed by atoms with Gasteiger partial charge in [0.05, 0.1) is 24.4 Å². The van der Waals surface area contributed by atoms with Crippen molar-refractivity contribution in [1.29, 1.82) is 5.26 Å². The third kappa shape index (κ3) is 4.35. The van der Waals surface area contributed by atoms with Gasteiger partial charge in [-0.2, -0.15) is 5.26 Å². The van der Waals surface area contributed by atoms with Gasteiger partial charge in [0.1, 0.15) is 0 Å². The number of fused-ring (bicyclic) bond motifs is 1. The van der Waals surface area contributed by atoms with Crippen molar-refractivity contribution in [3.63, 3.8) is 0 Å². The van der Waals surface area contributed by atoms with Gasteiger partial charge in [-0.25, -0.2) is 0 Å². The van der Waals surface area contributed by atoms with E-state index in [-0.39, 0.29) is 6.10 Å². The normalized spacial score (nSPS) is 12.4. The number of hydrogen-bond acceptors (Lipinski definition) is 3. The molecule has 0 saturated carbocycles. The summed E-state index contributed by atoms with van der Waals surface area (Å²) in [4.78, 5) is 0. The van der Waals surface area contributed by atoms with Crippen LogP contribution in [-0.4, -0.2) is 12.7 Å². The summed E-state index contributed by atoms with van der Waals surface area (Å²) in [7, 11) is 0. The van der Waals surface area contributed by atoms with Crippen molar-refractivity contribution in [2.24, 2.45) is 0 Å². The van der Waals surface area contributed by atoms with Crippen LogP contribution in [0.15, 0.2) is 60.7 Å². The van der Waals surface area contributed by atoms with E-state index in [0.717, 1.165) is 34.1 Å². The second-order valence-electron chi connectivity index (χ2n) is 6.67. The molecule has 0 spiro atoms. The summed E-state index contributed by atoms with van der Waals surface area (Å²) >= 11 is 0. The Kier molecular flexibility index (Phi) is 6.34. The molecule has 0 heterocycles. The molecular formula is C25H25NO2. The van der Waals surface area contributed by atoms with Gasteiger partial charge in [-0.1, -0.05) is 55.5 Å². The highest BCUT2D eigenvalue weighted by molar-refractivity contribution is 6.01. The molecule has 0 aliphatic carbocycles. The van der Waals surface area contributed by atoms with Gasteiger partial charge in [0.25, 0.3) is 0 Å². The molecule has 3 heteroatoms. The minimum atomic E-state index is 0.117.